The minimum absolute atomic E-state index is 0.0296. The van der Waals surface area contributed by atoms with Gasteiger partial charge >= 0.3 is 6.03 Å². The van der Waals surface area contributed by atoms with Crippen LogP contribution in [0, 0.1) is 5.92 Å². The van der Waals surface area contributed by atoms with E-state index in [0.29, 0.717) is 32.1 Å². The van der Waals surface area contributed by atoms with Crippen molar-refractivity contribution in [1.82, 2.24) is 25.0 Å². The van der Waals surface area contributed by atoms with Gasteiger partial charge in [0.05, 0.1) is 6.54 Å². The van der Waals surface area contributed by atoms with Gasteiger partial charge in [0.1, 0.15) is 12.7 Å². The van der Waals surface area contributed by atoms with Gasteiger partial charge in [0, 0.05) is 26.2 Å². The van der Waals surface area contributed by atoms with Gasteiger partial charge in [0.15, 0.2) is 0 Å². The van der Waals surface area contributed by atoms with Gasteiger partial charge in [-0.15, -0.1) is 0 Å². The average Bonchev–Trinajstić information content (AvgIpc) is 3.14. The molecule has 0 saturated carbocycles. The zero-order valence-corrected chi connectivity index (χ0v) is 13.6. The van der Waals surface area contributed by atoms with Crippen molar-refractivity contribution in [1.29, 1.82) is 0 Å². The Morgan fingerprint density at radius 3 is 2.54 bits per heavy atom. The van der Waals surface area contributed by atoms with Crippen LogP contribution in [0.5, 0.6) is 0 Å². The zero-order chi connectivity index (χ0) is 16.8. The molecule has 2 aromatic rings. The molecule has 0 bridgehead atoms. The molecule has 0 aliphatic carbocycles. The molecule has 1 fully saturated rings. The fraction of sp³-hybridized carbons (Fsp3) is 0.471. The fourth-order valence-electron chi connectivity index (χ4n) is 2.87. The van der Waals surface area contributed by atoms with E-state index in [4.69, 9.17) is 5.11 Å². The molecule has 24 heavy (non-hydrogen) atoms. The number of nitrogens with zero attached hydrogens (tertiary/aromatic N) is 4. The maximum absolute atomic E-state index is 12.2. The van der Waals surface area contributed by atoms with Gasteiger partial charge in [0.25, 0.3) is 0 Å². The van der Waals surface area contributed by atoms with E-state index in [0.717, 1.165) is 24.0 Å². The zero-order valence-electron chi connectivity index (χ0n) is 13.6. The van der Waals surface area contributed by atoms with E-state index < -0.39 is 0 Å². The highest BCUT2D eigenvalue weighted by molar-refractivity contribution is 5.74. The molecule has 3 rings (SSSR count). The van der Waals surface area contributed by atoms with Crippen LogP contribution in [0.4, 0.5) is 4.79 Å². The molecule has 128 valence electrons. The molecule has 1 aromatic carbocycles. The maximum Gasteiger partial charge on any atom is 0.317 e. The summed E-state index contributed by atoms with van der Waals surface area (Å²) in [5.74, 6) is 0.339. The second-order valence-electron chi connectivity index (χ2n) is 6.18. The molecule has 0 radical (unpaired) electrons. The Labute approximate surface area is 141 Å². The highest BCUT2D eigenvalue weighted by atomic mass is 16.3. The summed E-state index contributed by atoms with van der Waals surface area (Å²) < 4.78 is 1.77. The van der Waals surface area contributed by atoms with Crippen molar-refractivity contribution in [2.45, 2.75) is 25.9 Å². The second kappa shape index (κ2) is 7.92. The van der Waals surface area contributed by atoms with E-state index in [1.54, 1.807) is 11.0 Å². The summed E-state index contributed by atoms with van der Waals surface area (Å²) >= 11 is 0. The minimum Gasteiger partial charge on any atom is -0.396 e. The minimum atomic E-state index is -0.0296. The van der Waals surface area contributed by atoms with Crippen LogP contribution in [0.25, 0.3) is 0 Å². The largest absolute Gasteiger partial charge is 0.396 e. The first kappa shape index (κ1) is 16.4. The summed E-state index contributed by atoms with van der Waals surface area (Å²) in [6.45, 7) is 2.85. The first-order chi connectivity index (χ1) is 11.7. The number of aliphatic hydroxyl groups excluding tert-OH is 1. The summed E-state index contributed by atoms with van der Waals surface area (Å²) in [7, 11) is 0. The Bertz CT molecular complexity index is 634. The van der Waals surface area contributed by atoms with Crippen molar-refractivity contribution in [3.05, 3.63) is 48.0 Å². The Kier molecular flexibility index (Phi) is 5.43. The predicted molar refractivity (Wildman–Crippen MR) is 89.2 cm³/mol. The van der Waals surface area contributed by atoms with Crippen LogP contribution in [0.2, 0.25) is 0 Å². The molecule has 2 N–H and O–H groups in total. The van der Waals surface area contributed by atoms with Gasteiger partial charge < -0.3 is 15.3 Å². The van der Waals surface area contributed by atoms with Crippen LogP contribution in [0.15, 0.2) is 36.9 Å². The number of likely N-dealkylation sites (tertiary alicyclic amines) is 1. The molecule has 1 aromatic heterocycles. The number of nitrogens with one attached hydrogen (secondary N) is 1. The normalized spacial score (nSPS) is 15.5. The number of hydrogen-bond acceptors (Lipinski definition) is 4. The van der Waals surface area contributed by atoms with Gasteiger partial charge in [-0.3, -0.25) is 0 Å². The number of carbonyl (C=O) groups is 1. The Balaban J connectivity index is 1.45. The summed E-state index contributed by atoms with van der Waals surface area (Å²) in [4.78, 5) is 17.9. The lowest BCUT2D eigenvalue weighted by atomic mass is 9.98. The summed E-state index contributed by atoms with van der Waals surface area (Å²) in [6.07, 6.45) is 4.96. The van der Waals surface area contributed by atoms with E-state index in [1.165, 1.54) is 6.33 Å². The van der Waals surface area contributed by atoms with Gasteiger partial charge in [-0.05, 0) is 29.9 Å². The molecule has 2 amide bonds. The first-order valence-corrected chi connectivity index (χ1v) is 8.28. The van der Waals surface area contributed by atoms with Gasteiger partial charge in [-0.2, -0.15) is 5.10 Å². The first-order valence-electron chi connectivity index (χ1n) is 8.28. The van der Waals surface area contributed by atoms with E-state index in [1.807, 2.05) is 29.2 Å². The highest BCUT2D eigenvalue weighted by Gasteiger charge is 2.21. The number of amides is 2. The van der Waals surface area contributed by atoms with Crippen LogP contribution >= 0.6 is 0 Å². The van der Waals surface area contributed by atoms with Crippen molar-refractivity contribution in [3.63, 3.8) is 0 Å². The molecular weight excluding hydrogens is 306 g/mol. The van der Waals surface area contributed by atoms with Crippen LogP contribution in [-0.4, -0.2) is 50.5 Å². The highest BCUT2D eigenvalue weighted by Crippen LogP contribution is 2.16. The van der Waals surface area contributed by atoms with Crippen molar-refractivity contribution in [3.8, 4) is 0 Å². The van der Waals surface area contributed by atoms with Crippen LogP contribution < -0.4 is 5.32 Å². The monoisotopic (exact) mass is 329 g/mol. The Morgan fingerprint density at radius 1 is 1.21 bits per heavy atom. The van der Waals surface area contributed by atoms with Crippen molar-refractivity contribution >= 4 is 6.03 Å². The number of piperidine rings is 1. The number of aliphatic hydroxyl groups is 1. The molecule has 0 unspecified atom stereocenters. The maximum atomic E-state index is 12.2. The van der Waals surface area contributed by atoms with Crippen molar-refractivity contribution in [2.75, 3.05) is 19.7 Å². The molecule has 0 atom stereocenters. The molecule has 0 spiro atoms. The van der Waals surface area contributed by atoms with Crippen LogP contribution in [-0.2, 0) is 13.1 Å². The molecular formula is C17H23N5O2. The summed E-state index contributed by atoms with van der Waals surface area (Å²) in [5.41, 5.74) is 2.21. The SMILES string of the molecule is O=C(NCc1ccc(Cn2cncn2)cc1)N1CCC(CO)CC1. The summed E-state index contributed by atoms with van der Waals surface area (Å²) in [6, 6.07) is 8.08. The van der Waals surface area contributed by atoms with Crippen molar-refractivity contribution < 1.29 is 9.90 Å². The van der Waals surface area contributed by atoms with E-state index in [-0.39, 0.29) is 12.6 Å². The van der Waals surface area contributed by atoms with Gasteiger partial charge in [0.2, 0.25) is 0 Å². The third kappa shape index (κ3) is 4.32. The van der Waals surface area contributed by atoms with Gasteiger partial charge in [-0.1, -0.05) is 24.3 Å². The number of rotatable bonds is 5. The topological polar surface area (TPSA) is 83.3 Å². The lowest BCUT2D eigenvalue weighted by Gasteiger charge is -2.31. The van der Waals surface area contributed by atoms with Gasteiger partial charge in [-0.25, -0.2) is 14.5 Å². The molecule has 7 heteroatoms. The van der Waals surface area contributed by atoms with Crippen LogP contribution in [0.3, 0.4) is 0 Å². The predicted octanol–water partition coefficient (Wildman–Crippen LogP) is 1.24. The smallest absolute Gasteiger partial charge is 0.317 e. The van der Waals surface area contributed by atoms with Crippen LogP contribution in [0.1, 0.15) is 24.0 Å². The number of carbonyl (C=O) groups excluding carboxylic acids is 1. The van der Waals surface area contributed by atoms with E-state index >= 15 is 0 Å². The average molecular weight is 329 g/mol. The molecule has 2 heterocycles. The number of aromatic nitrogens is 3. The summed E-state index contributed by atoms with van der Waals surface area (Å²) in [5, 5.41) is 16.2. The third-order valence-corrected chi connectivity index (χ3v) is 4.44. The quantitative estimate of drug-likeness (QED) is 0.864. The third-order valence-electron chi connectivity index (χ3n) is 4.44. The number of hydrogen-bond donors (Lipinski definition) is 2. The van der Waals surface area contributed by atoms with E-state index in [9.17, 15) is 4.79 Å². The lowest BCUT2D eigenvalue weighted by Crippen LogP contribution is -2.44. The number of benzene rings is 1. The molecule has 7 nitrogen and oxygen atoms in total. The number of urea groups is 1. The second-order valence-corrected chi connectivity index (χ2v) is 6.18. The Morgan fingerprint density at radius 2 is 1.92 bits per heavy atom. The molecule has 1 aliphatic rings. The van der Waals surface area contributed by atoms with Crippen molar-refractivity contribution in [2.24, 2.45) is 5.92 Å². The lowest BCUT2D eigenvalue weighted by molar-refractivity contribution is 0.137. The standard InChI is InChI=1S/C17H23N5O2/c23-11-16-5-7-21(8-6-16)17(24)19-9-14-1-3-15(4-2-14)10-22-13-18-12-20-22/h1-4,12-13,16,23H,5-11H2,(H,19,24). The molecule has 1 saturated heterocycles. The van der Waals surface area contributed by atoms with E-state index in [2.05, 4.69) is 15.4 Å². The fourth-order valence-corrected chi connectivity index (χ4v) is 2.87. The Hall–Kier alpha value is -2.41. The molecule has 1 aliphatic heterocycles.